The lowest BCUT2D eigenvalue weighted by molar-refractivity contribution is -0.118. The summed E-state index contributed by atoms with van der Waals surface area (Å²) in [5, 5.41) is 12.9. The third-order valence-corrected chi connectivity index (χ3v) is 3.44. The Hall–Kier alpha value is -2.73. The van der Waals surface area contributed by atoms with Crippen molar-refractivity contribution in [3.8, 4) is 11.5 Å². The summed E-state index contributed by atoms with van der Waals surface area (Å²) in [5.41, 5.74) is -0.346. The fraction of sp³-hybridized carbons (Fsp3) is 0.235. The monoisotopic (exact) mass is 311 g/mol. The molecule has 0 radical (unpaired) electrons. The first-order valence-electron chi connectivity index (χ1n) is 7.24. The van der Waals surface area contributed by atoms with Gasteiger partial charge >= 0.3 is 0 Å². The van der Waals surface area contributed by atoms with Gasteiger partial charge in [-0.05, 0) is 26.0 Å². The molecule has 2 N–H and O–H groups in total. The molecular weight excluding hydrogens is 294 g/mol. The minimum Gasteiger partial charge on any atom is -0.454 e. The Morgan fingerprint density at radius 1 is 1.13 bits per heavy atom. The van der Waals surface area contributed by atoms with E-state index >= 15 is 0 Å². The lowest BCUT2D eigenvalue weighted by Crippen LogP contribution is -2.30. The van der Waals surface area contributed by atoms with Crippen molar-refractivity contribution in [2.75, 3.05) is 6.54 Å². The maximum atomic E-state index is 11.9. The molecule has 1 aromatic heterocycles. The van der Waals surface area contributed by atoms with Crippen LogP contribution >= 0.6 is 0 Å². The number of carbonyl (C=O) groups excluding carboxylic acids is 1. The maximum Gasteiger partial charge on any atom is 0.250 e. The Balaban J connectivity index is 1.87. The van der Waals surface area contributed by atoms with Gasteiger partial charge in [-0.25, -0.2) is 9.97 Å². The molecule has 0 saturated carbocycles. The van der Waals surface area contributed by atoms with Gasteiger partial charge in [0.25, 0.3) is 5.91 Å². The molecule has 1 aliphatic rings. The second kappa shape index (κ2) is 5.81. The summed E-state index contributed by atoms with van der Waals surface area (Å²) in [5.74, 6) is 1.31. The zero-order valence-electron chi connectivity index (χ0n) is 12.9. The molecule has 3 rings (SSSR count). The molecule has 6 heteroatoms. The number of hydrogen-bond donors (Lipinski definition) is 2. The maximum absolute atomic E-state index is 11.9. The molecule has 0 saturated heterocycles. The van der Waals surface area contributed by atoms with Crippen LogP contribution in [0.3, 0.4) is 0 Å². The highest BCUT2D eigenvalue weighted by Gasteiger charge is 2.35. The predicted octanol–water partition coefficient (Wildman–Crippen LogP) is 1.92. The molecule has 0 atom stereocenters. The van der Waals surface area contributed by atoms with Gasteiger partial charge in [0.05, 0.1) is 23.6 Å². The normalized spacial score (nSPS) is 14.8. The second-order valence-electron chi connectivity index (χ2n) is 5.75. The topological polar surface area (TPSA) is 84.3 Å². The number of rotatable bonds is 4. The summed E-state index contributed by atoms with van der Waals surface area (Å²) >= 11 is 0. The van der Waals surface area contributed by atoms with Gasteiger partial charge in [0.1, 0.15) is 5.75 Å². The van der Waals surface area contributed by atoms with Crippen LogP contribution in [0, 0.1) is 0 Å². The molecule has 23 heavy (non-hydrogen) atoms. The summed E-state index contributed by atoms with van der Waals surface area (Å²) in [6.45, 7) is 3.44. The van der Waals surface area contributed by atoms with Crippen molar-refractivity contribution in [1.29, 1.82) is 0 Å². The van der Waals surface area contributed by atoms with Crippen LogP contribution < -0.4 is 10.1 Å². The molecule has 0 unspecified atom stereocenters. The fourth-order valence-corrected chi connectivity index (χ4v) is 2.47. The van der Waals surface area contributed by atoms with E-state index in [1.165, 1.54) is 0 Å². The smallest absolute Gasteiger partial charge is 0.250 e. The average Bonchev–Trinajstić information content (AvgIpc) is 2.91. The van der Waals surface area contributed by atoms with E-state index in [2.05, 4.69) is 15.3 Å². The molecule has 0 aliphatic carbocycles. The number of aliphatic hydroxyl groups is 1. The Kier molecular flexibility index (Phi) is 3.83. The van der Waals surface area contributed by atoms with Gasteiger partial charge in [0, 0.05) is 12.1 Å². The molecule has 1 aromatic carbocycles. The first-order valence-corrected chi connectivity index (χ1v) is 7.24. The number of hydrogen-bond acceptors (Lipinski definition) is 5. The number of nitrogens with zero attached hydrogens (tertiary/aromatic N) is 2. The number of ether oxygens (including phenoxy) is 1. The van der Waals surface area contributed by atoms with Crippen molar-refractivity contribution in [2.24, 2.45) is 0 Å². The van der Waals surface area contributed by atoms with Crippen LogP contribution in [0.2, 0.25) is 0 Å². The van der Waals surface area contributed by atoms with Gasteiger partial charge in [-0.1, -0.05) is 18.2 Å². The summed E-state index contributed by atoms with van der Waals surface area (Å²) in [6, 6.07) is 9.33. The number of amides is 1. The molecule has 0 spiro atoms. The van der Waals surface area contributed by atoms with Crippen LogP contribution in [0.15, 0.2) is 48.3 Å². The SMILES string of the molecule is CC(C)(O)C1=C(c2ncc(Oc3ccccc3)cn2)CNC1=O. The van der Waals surface area contributed by atoms with Crippen LogP contribution in [0.1, 0.15) is 19.7 Å². The zero-order chi connectivity index (χ0) is 16.4. The first kappa shape index (κ1) is 15.2. The van der Waals surface area contributed by atoms with E-state index in [0.29, 0.717) is 35.0 Å². The highest BCUT2D eigenvalue weighted by molar-refractivity contribution is 6.07. The van der Waals surface area contributed by atoms with Crippen LogP contribution in [-0.4, -0.2) is 33.1 Å². The second-order valence-corrected chi connectivity index (χ2v) is 5.75. The standard InChI is InChI=1S/C17H17N3O3/c1-17(2,22)14-13(10-20-16(14)21)15-18-8-12(9-19-15)23-11-6-4-3-5-7-11/h3-9,22H,10H2,1-2H3,(H,20,21). The fourth-order valence-electron chi connectivity index (χ4n) is 2.47. The summed E-state index contributed by atoms with van der Waals surface area (Å²) in [7, 11) is 0. The molecule has 118 valence electrons. The minimum absolute atomic E-state index is 0.291. The predicted molar refractivity (Wildman–Crippen MR) is 84.8 cm³/mol. The molecule has 2 heterocycles. The number of carbonyl (C=O) groups is 1. The Labute approximate surface area is 133 Å². The van der Waals surface area contributed by atoms with Crippen molar-refractivity contribution in [3.63, 3.8) is 0 Å². The molecule has 6 nitrogen and oxygen atoms in total. The van der Waals surface area contributed by atoms with E-state index in [-0.39, 0.29) is 5.91 Å². The van der Waals surface area contributed by atoms with Gasteiger partial charge in [0.2, 0.25) is 0 Å². The quantitative estimate of drug-likeness (QED) is 0.901. The third-order valence-electron chi connectivity index (χ3n) is 3.44. The number of para-hydroxylation sites is 1. The number of aromatic nitrogens is 2. The summed E-state index contributed by atoms with van der Waals surface area (Å²) in [6.07, 6.45) is 3.10. The lowest BCUT2D eigenvalue weighted by Gasteiger charge is -2.18. The Morgan fingerprint density at radius 3 is 2.39 bits per heavy atom. The van der Waals surface area contributed by atoms with Gasteiger partial charge in [-0.15, -0.1) is 0 Å². The highest BCUT2D eigenvalue weighted by Crippen LogP contribution is 2.29. The molecule has 1 amide bonds. The molecule has 0 bridgehead atoms. The lowest BCUT2D eigenvalue weighted by atomic mass is 9.94. The van der Waals surface area contributed by atoms with Crippen molar-refractivity contribution >= 4 is 11.5 Å². The van der Waals surface area contributed by atoms with Crippen molar-refractivity contribution < 1.29 is 14.6 Å². The van der Waals surface area contributed by atoms with E-state index in [1.807, 2.05) is 30.3 Å². The van der Waals surface area contributed by atoms with Crippen LogP contribution in [0.25, 0.3) is 5.57 Å². The molecule has 0 fully saturated rings. The van der Waals surface area contributed by atoms with Crippen molar-refractivity contribution in [1.82, 2.24) is 15.3 Å². The molecule has 1 aliphatic heterocycles. The van der Waals surface area contributed by atoms with Crippen LogP contribution in [0.4, 0.5) is 0 Å². The van der Waals surface area contributed by atoms with E-state index in [9.17, 15) is 9.90 Å². The number of benzene rings is 1. The van der Waals surface area contributed by atoms with Crippen molar-refractivity contribution in [2.45, 2.75) is 19.4 Å². The van der Waals surface area contributed by atoms with Gasteiger partial charge in [0.15, 0.2) is 11.6 Å². The van der Waals surface area contributed by atoms with E-state index < -0.39 is 5.60 Å². The third kappa shape index (κ3) is 3.22. The minimum atomic E-state index is -1.25. The van der Waals surface area contributed by atoms with Crippen LogP contribution in [0.5, 0.6) is 11.5 Å². The highest BCUT2D eigenvalue weighted by atomic mass is 16.5. The first-order chi connectivity index (χ1) is 10.9. The van der Waals surface area contributed by atoms with E-state index in [1.54, 1.807) is 26.2 Å². The van der Waals surface area contributed by atoms with E-state index in [4.69, 9.17) is 4.74 Å². The van der Waals surface area contributed by atoms with Crippen LogP contribution in [-0.2, 0) is 4.79 Å². The zero-order valence-corrected chi connectivity index (χ0v) is 12.9. The average molecular weight is 311 g/mol. The number of nitrogens with one attached hydrogen (secondary N) is 1. The molecular formula is C17H17N3O3. The summed E-state index contributed by atoms with van der Waals surface area (Å²) < 4.78 is 5.64. The van der Waals surface area contributed by atoms with E-state index in [0.717, 1.165) is 0 Å². The van der Waals surface area contributed by atoms with Gasteiger partial charge < -0.3 is 15.2 Å². The summed E-state index contributed by atoms with van der Waals surface area (Å²) in [4.78, 5) is 20.4. The largest absolute Gasteiger partial charge is 0.454 e. The Bertz CT molecular complexity index is 747. The van der Waals surface area contributed by atoms with Gasteiger partial charge in [-0.2, -0.15) is 0 Å². The molecule has 2 aromatic rings. The van der Waals surface area contributed by atoms with Gasteiger partial charge in [-0.3, -0.25) is 4.79 Å². The Morgan fingerprint density at radius 2 is 1.78 bits per heavy atom. The van der Waals surface area contributed by atoms with Crippen molar-refractivity contribution in [3.05, 3.63) is 54.1 Å².